The molecule has 0 bridgehead atoms. The number of hydrogen-bond acceptors (Lipinski definition) is 9. The van der Waals surface area contributed by atoms with E-state index in [0.29, 0.717) is 5.06 Å². The number of rotatable bonds is 3. The van der Waals surface area contributed by atoms with Crippen LogP contribution in [0.25, 0.3) is 0 Å². The van der Waals surface area contributed by atoms with Gasteiger partial charge in [0, 0.05) is 18.9 Å². The Balaban J connectivity index is 2.65. The van der Waals surface area contributed by atoms with E-state index in [1.807, 2.05) is 0 Å². The average molecular weight is 516 g/mol. The van der Waals surface area contributed by atoms with Gasteiger partial charge in [-0.2, -0.15) is 5.10 Å². The van der Waals surface area contributed by atoms with Crippen molar-refractivity contribution in [2.45, 2.75) is 70.1 Å². The van der Waals surface area contributed by atoms with Crippen LogP contribution in [-0.4, -0.2) is 72.4 Å². The molecule has 1 aliphatic rings. The Hall–Kier alpha value is -3.22. The van der Waals surface area contributed by atoms with E-state index in [1.54, 1.807) is 41.5 Å². The quantitative estimate of drug-likeness (QED) is 0.443. The molecule has 35 heavy (non-hydrogen) atoms. The van der Waals surface area contributed by atoms with Crippen LogP contribution in [0, 0.1) is 5.82 Å². The number of hydrazone groups is 1. The van der Waals surface area contributed by atoms with Gasteiger partial charge < -0.3 is 9.47 Å². The predicted octanol–water partition coefficient (Wildman–Crippen LogP) is 3.27. The lowest BCUT2D eigenvalue weighted by Crippen LogP contribution is -2.61. The van der Waals surface area contributed by atoms with Crippen molar-refractivity contribution in [3.05, 3.63) is 29.6 Å². The first-order valence-corrected chi connectivity index (χ1v) is 12.4. The zero-order valence-electron chi connectivity index (χ0n) is 21.1. The Bertz CT molecular complexity index is 1180. The maximum absolute atomic E-state index is 14.7. The highest BCUT2D eigenvalue weighted by atomic mass is 32.2. The summed E-state index contributed by atoms with van der Waals surface area (Å²) < 4.78 is 48.8. The summed E-state index contributed by atoms with van der Waals surface area (Å²) in [5.41, 5.74) is -4.38. The summed E-state index contributed by atoms with van der Waals surface area (Å²) in [6, 6.07) is 3.10. The number of ether oxygens (including phenoxy) is 2. The van der Waals surface area contributed by atoms with Crippen molar-refractivity contribution in [1.82, 2.24) is 10.1 Å². The lowest BCUT2D eigenvalue weighted by molar-refractivity contribution is -0.176. The maximum atomic E-state index is 14.7. The predicted molar refractivity (Wildman–Crippen MR) is 123 cm³/mol. The summed E-state index contributed by atoms with van der Waals surface area (Å²) in [6.07, 6.45) is -1.67. The molecule has 2 rings (SSSR count). The minimum Gasteiger partial charge on any atom is -0.442 e. The van der Waals surface area contributed by atoms with Crippen LogP contribution in [-0.2, 0) is 28.9 Å². The summed E-state index contributed by atoms with van der Waals surface area (Å²) in [5, 5.41) is 5.38. The molecular weight excluding hydrogens is 485 g/mol. The van der Waals surface area contributed by atoms with Crippen LogP contribution in [0.2, 0.25) is 0 Å². The van der Waals surface area contributed by atoms with Gasteiger partial charge >= 0.3 is 12.2 Å². The first-order chi connectivity index (χ1) is 15.7. The lowest BCUT2D eigenvalue weighted by atomic mass is 9.90. The summed E-state index contributed by atoms with van der Waals surface area (Å²) in [5.74, 6) is -1.90. The van der Waals surface area contributed by atoms with Gasteiger partial charge in [0.05, 0.1) is 0 Å². The zero-order valence-corrected chi connectivity index (χ0v) is 21.9. The van der Waals surface area contributed by atoms with Crippen LogP contribution in [0.15, 0.2) is 28.2 Å². The molecule has 1 atom stereocenters. The fourth-order valence-electron chi connectivity index (χ4n) is 3.14. The van der Waals surface area contributed by atoms with Gasteiger partial charge in [-0.15, -0.1) is 5.06 Å². The molecule has 194 valence electrons. The van der Waals surface area contributed by atoms with E-state index >= 15 is 0 Å². The number of carbonyl (C=O) groups is 3. The third kappa shape index (κ3) is 6.27. The lowest BCUT2D eigenvalue weighted by Gasteiger charge is -2.36. The first kappa shape index (κ1) is 28.0. The van der Waals surface area contributed by atoms with Gasteiger partial charge in [0.1, 0.15) is 27.6 Å². The Kier molecular flexibility index (Phi) is 7.28. The van der Waals surface area contributed by atoms with Crippen molar-refractivity contribution in [1.29, 1.82) is 0 Å². The maximum Gasteiger partial charge on any atom is 0.534 e. The van der Waals surface area contributed by atoms with Gasteiger partial charge in [-0.05, 0) is 60.6 Å². The third-order valence-electron chi connectivity index (χ3n) is 4.55. The minimum atomic E-state index is -3.87. The molecule has 0 aromatic heterocycles. The molecule has 0 N–H and O–H groups in total. The molecule has 1 unspecified atom stereocenters. The van der Waals surface area contributed by atoms with E-state index in [9.17, 15) is 27.2 Å². The molecule has 1 aromatic carbocycles. The second kappa shape index (κ2) is 9.10. The molecule has 13 heteroatoms. The molecule has 0 radical (unpaired) electrons. The number of amides is 2. The summed E-state index contributed by atoms with van der Waals surface area (Å²) in [6.45, 7) is 10.6. The number of halogens is 1. The smallest absolute Gasteiger partial charge is 0.442 e. The van der Waals surface area contributed by atoms with Gasteiger partial charge in [0.15, 0.2) is 9.84 Å². The van der Waals surface area contributed by atoms with Crippen molar-refractivity contribution in [3.63, 3.8) is 0 Å². The summed E-state index contributed by atoms with van der Waals surface area (Å²) in [4.78, 5) is 43.5. The molecule has 0 aliphatic carbocycles. The van der Waals surface area contributed by atoms with E-state index in [2.05, 4.69) is 5.10 Å². The Labute approximate surface area is 203 Å². The number of hydrogen-bond donors (Lipinski definition) is 0. The Morgan fingerprint density at radius 3 is 2.09 bits per heavy atom. The van der Waals surface area contributed by atoms with E-state index in [-0.39, 0.29) is 11.3 Å². The standard InChI is InChI=1S/C22H30FN3O8S/c1-20(2,3)32-18(28)26(34-19(29)33-21(4,5)6)22(7)16(24-25(8)17(22)27)13-10-11-15(14(23)12-13)35(9,30)31/h10-12H,1-9H3. The number of hydroxylamine groups is 2. The van der Waals surface area contributed by atoms with Gasteiger partial charge in [0.25, 0.3) is 5.91 Å². The SMILES string of the molecule is CN1N=C(c2ccc(S(C)(=O)=O)c(F)c2)C(C)(N(OC(=O)OC(C)(C)C)C(=O)OC(C)(C)C)C1=O. The zero-order chi connectivity index (χ0) is 27.1. The largest absolute Gasteiger partial charge is 0.534 e. The highest BCUT2D eigenvalue weighted by molar-refractivity contribution is 7.90. The molecule has 0 spiro atoms. The highest BCUT2D eigenvalue weighted by Crippen LogP contribution is 2.33. The molecule has 1 aliphatic heterocycles. The van der Waals surface area contributed by atoms with E-state index in [0.717, 1.165) is 23.4 Å². The molecule has 0 fully saturated rings. The Morgan fingerprint density at radius 2 is 1.63 bits per heavy atom. The molecule has 0 saturated heterocycles. The number of nitrogens with zero attached hydrogens (tertiary/aromatic N) is 3. The number of benzene rings is 1. The van der Waals surface area contributed by atoms with Crippen LogP contribution in [0.4, 0.5) is 14.0 Å². The second-order valence-electron chi connectivity index (χ2n) is 10.1. The summed E-state index contributed by atoms with van der Waals surface area (Å²) in [7, 11) is -2.58. The van der Waals surface area contributed by atoms with Gasteiger partial charge in [0.2, 0.25) is 5.54 Å². The average Bonchev–Trinajstić information content (AvgIpc) is 2.87. The van der Waals surface area contributed by atoms with Crippen LogP contribution < -0.4 is 0 Å². The molecule has 0 saturated carbocycles. The molecule has 1 aromatic rings. The fourth-order valence-corrected chi connectivity index (χ4v) is 3.87. The number of likely N-dealkylation sites (N-methyl/N-ethyl adjacent to an activating group) is 1. The van der Waals surface area contributed by atoms with Crippen molar-refractivity contribution >= 4 is 33.7 Å². The summed E-state index contributed by atoms with van der Waals surface area (Å²) >= 11 is 0. The van der Waals surface area contributed by atoms with E-state index in [4.69, 9.17) is 14.3 Å². The first-order valence-electron chi connectivity index (χ1n) is 10.5. The topological polar surface area (TPSA) is 132 Å². The second-order valence-corrected chi connectivity index (χ2v) is 12.1. The van der Waals surface area contributed by atoms with Crippen molar-refractivity contribution in [2.24, 2.45) is 5.10 Å². The van der Waals surface area contributed by atoms with Gasteiger partial charge in [-0.3, -0.25) is 9.63 Å². The third-order valence-corrected chi connectivity index (χ3v) is 5.68. The minimum absolute atomic E-state index is 0.0311. The van der Waals surface area contributed by atoms with Crippen LogP contribution in [0.1, 0.15) is 54.0 Å². The number of carbonyl (C=O) groups excluding carboxylic acids is 3. The van der Waals surface area contributed by atoms with Crippen LogP contribution in [0.3, 0.4) is 0 Å². The molecule has 11 nitrogen and oxygen atoms in total. The van der Waals surface area contributed by atoms with Crippen molar-refractivity contribution in [3.8, 4) is 0 Å². The van der Waals surface area contributed by atoms with Gasteiger partial charge in [-0.25, -0.2) is 27.4 Å². The highest BCUT2D eigenvalue weighted by Gasteiger charge is 2.57. The monoisotopic (exact) mass is 515 g/mol. The molecule has 2 amide bonds. The Morgan fingerprint density at radius 1 is 1.09 bits per heavy atom. The normalized spacial score (nSPS) is 18.7. The van der Waals surface area contributed by atoms with Gasteiger partial charge in [-0.1, -0.05) is 6.07 Å². The molecular formula is C22H30FN3O8S. The van der Waals surface area contributed by atoms with E-state index in [1.165, 1.54) is 20.0 Å². The van der Waals surface area contributed by atoms with E-state index < -0.39 is 55.4 Å². The van der Waals surface area contributed by atoms with Crippen LogP contribution >= 0.6 is 0 Å². The van der Waals surface area contributed by atoms with Crippen molar-refractivity contribution < 1.29 is 41.5 Å². The van der Waals surface area contributed by atoms with Crippen LogP contribution in [0.5, 0.6) is 0 Å². The number of sulfone groups is 1. The van der Waals surface area contributed by atoms with Crippen molar-refractivity contribution in [2.75, 3.05) is 13.3 Å². The molecule has 1 heterocycles. The fraction of sp³-hybridized carbons (Fsp3) is 0.545.